The summed E-state index contributed by atoms with van der Waals surface area (Å²) in [6.07, 6.45) is 16.0. The molecule has 0 aromatic rings. The highest BCUT2D eigenvalue weighted by molar-refractivity contribution is 5.00. The van der Waals surface area contributed by atoms with E-state index < -0.39 is 0 Å². The molecule has 0 saturated carbocycles. The largest absolute Gasteiger partial charge is 0.370 e. The number of ether oxygens (including phenoxy) is 1. The molecule has 1 heteroatoms. The Morgan fingerprint density at radius 2 is 2.31 bits per heavy atom. The third kappa shape index (κ3) is 6.12. The summed E-state index contributed by atoms with van der Waals surface area (Å²) >= 11 is 0. The molecular formula is C15H26O. The van der Waals surface area contributed by atoms with Crippen molar-refractivity contribution in [1.82, 2.24) is 0 Å². The Morgan fingerprint density at radius 3 is 3.00 bits per heavy atom. The summed E-state index contributed by atoms with van der Waals surface area (Å²) in [6.45, 7) is 5.23. The van der Waals surface area contributed by atoms with E-state index in [1.165, 1.54) is 50.5 Å². The van der Waals surface area contributed by atoms with Crippen molar-refractivity contribution >= 4 is 0 Å². The molecule has 16 heavy (non-hydrogen) atoms. The predicted molar refractivity (Wildman–Crippen MR) is 70.6 cm³/mol. The third-order valence-corrected chi connectivity index (χ3v) is 3.04. The molecule has 0 spiro atoms. The molecule has 0 aliphatic heterocycles. The van der Waals surface area contributed by atoms with Gasteiger partial charge in [-0.25, -0.2) is 0 Å². The van der Waals surface area contributed by atoms with E-state index >= 15 is 0 Å². The van der Waals surface area contributed by atoms with E-state index in [-0.39, 0.29) is 0 Å². The van der Waals surface area contributed by atoms with E-state index in [0.717, 1.165) is 6.61 Å². The standard InChI is InChI=1S/C15H26O/c1-3-4-5-7-10-14(2)13-16-15-11-8-6-9-12-15/h8,10-11,15H,3-7,9,12-13H2,1-2H3/b14-10+. The summed E-state index contributed by atoms with van der Waals surface area (Å²) in [4.78, 5) is 0. The van der Waals surface area contributed by atoms with Gasteiger partial charge in [-0.3, -0.25) is 0 Å². The zero-order valence-corrected chi connectivity index (χ0v) is 10.9. The molecule has 92 valence electrons. The van der Waals surface area contributed by atoms with Gasteiger partial charge in [0, 0.05) is 0 Å². The van der Waals surface area contributed by atoms with E-state index in [4.69, 9.17) is 4.74 Å². The summed E-state index contributed by atoms with van der Waals surface area (Å²) in [5.74, 6) is 0. The summed E-state index contributed by atoms with van der Waals surface area (Å²) in [7, 11) is 0. The molecule has 0 bridgehead atoms. The first-order valence-corrected chi connectivity index (χ1v) is 6.77. The molecule has 1 aliphatic rings. The maximum Gasteiger partial charge on any atom is 0.0760 e. The van der Waals surface area contributed by atoms with Crippen LogP contribution in [0, 0.1) is 0 Å². The Labute approximate surface area is 101 Å². The van der Waals surface area contributed by atoms with Crippen molar-refractivity contribution in [2.24, 2.45) is 0 Å². The zero-order valence-electron chi connectivity index (χ0n) is 10.9. The van der Waals surface area contributed by atoms with Crippen molar-refractivity contribution in [3.8, 4) is 0 Å². The lowest BCUT2D eigenvalue weighted by Crippen LogP contribution is -2.13. The number of hydrogen-bond acceptors (Lipinski definition) is 1. The maximum absolute atomic E-state index is 5.85. The normalized spacial score (nSPS) is 21.4. The Bertz CT molecular complexity index is 228. The summed E-state index contributed by atoms with van der Waals surface area (Å²) in [6, 6.07) is 0. The number of hydrogen-bond donors (Lipinski definition) is 0. The van der Waals surface area contributed by atoms with Crippen LogP contribution in [0.15, 0.2) is 23.8 Å². The minimum atomic E-state index is 0.368. The van der Waals surface area contributed by atoms with E-state index in [9.17, 15) is 0 Å². The second-order valence-corrected chi connectivity index (χ2v) is 4.75. The summed E-state index contributed by atoms with van der Waals surface area (Å²) in [5.41, 5.74) is 1.38. The monoisotopic (exact) mass is 222 g/mol. The molecule has 1 atom stereocenters. The van der Waals surface area contributed by atoms with E-state index in [0.29, 0.717) is 6.10 Å². The fraction of sp³-hybridized carbons (Fsp3) is 0.733. The minimum Gasteiger partial charge on any atom is -0.370 e. The average molecular weight is 222 g/mol. The molecule has 0 saturated heterocycles. The summed E-state index contributed by atoms with van der Waals surface area (Å²) < 4.78 is 5.85. The smallest absolute Gasteiger partial charge is 0.0760 e. The highest BCUT2D eigenvalue weighted by Crippen LogP contribution is 2.14. The van der Waals surface area contributed by atoms with Crippen LogP contribution >= 0.6 is 0 Å². The molecule has 0 radical (unpaired) electrons. The fourth-order valence-corrected chi connectivity index (χ4v) is 1.96. The lowest BCUT2D eigenvalue weighted by Gasteiger charge is -2.17. The first kappa shape index (κ1) is 13.5. The Morgan fingerprint density at radius 1 is 1.44 bits per heavy atom. The van der Waals surface area contributed by atoms with E-state index in [2.05, 4.69) is 32.1 Å². The number of rotatable bonds is 7. The Hall–Kier alpha value is -0.560. The SMILES string of the molecule is CCCCC/C=C(\C)COC1C=CCCC1. The quantitative estimate of drug-likeness (QED) is 0.450. The van der Waals surface area contributed by atoms with Gasteiger partial charge in [0.05, 0.1) is 12.7 Å². The van der Waals surface area contributed by atoms with Crippen LogP contribution in [-0.4, -0.2) is 12.7 Å². The van der Waals surface area contributed by atoms with Gasteiger partial charge >= 0.3 is 0 Å². The molecular weight excluding hydrogens is 196 g/mol. The molecule has 0 fully saturated rings. The lowest BCUT2D eigenvalue weighted by molar-refractivity contribution is 0.0929. The van der Waals surface area contributed by atoms with Gasteiger partial charge in [0.15, 0.2) is 0 Å². The van der Waals surface area contributed by atoms with Crippen LogP contribution in [0.5, 0.6) is 0 Å². The Kier molecular flexibility index (Phi) is 7.24. The minimum absolute atomic E-state index is 0.368. The van der Waals surface area contributed by atoms with Gasteiger partial charge in [0.25, 0.3) is 0 Å². The van der Waals surface area contributed by atoms with Gasteiger partial charge in [-0.05, 0) is 39.0 Å². The predicted octanol–water partition coefficient (Wildman–Crippen LogP) is 4.64. The van der Waals surface area contributed by atoms with Crippen LogP contribution in [0.3, 0.4) is 0 Å². The van der Waals surface area contributed by atoms with Crippen LogP contribution < -0.4 is 0 Å². The zero-order chi connectivity index (χ0) is 11.6. The third-order valence-electron chi connectivity index (χ3n) is 3.04. The molecule has 0 heterocycles. The topological polar surface area (TPSA) is 9.23 Å². The van der Waals surface area contributed by atoms with Crippen LogP contribution in [0.2, 0.25) is 0 Å². The molecule has 1 rings (SSSR count). The van der Waals surface area contributed by atoms with Gasteiger partial charge in [0.2, 0.25) is 0 Å². The summed E-state index contributed by atoms with van der Waals surface area (Å²) in [5, 5.41) is 0. The molecule has 0 aromatic carbocycles. The van der Waals surface area contributed by atoms with Crippen LogP contribution in [-0.2, 0) is 4.74 Å². The Balaban J connectivity index is 2.10. The molecule has 0 N–H and O–H groups in total. The van der Waals surface area contributed by atoms with Crippen LogP contribution in [0.1, 0.15) is 58.8 Å². The first-order chi connectivity index (χ1) is 7.83. The molecule has 1 aliphatic carbocycles. The van der Waals surface area contributed by atoms with E-state index in [1.54, 1.807) is 0 Å². The van der Waals surface area contributed by atoms with Gasteiger partial charge in [-0.1, -0.05) is 43.6 Å². The highest BCUT2D eigenvalue weighted by atomic mass is 16.5. The van der Waals surface area contributed by atoms with E-state index in [1.807, 2.05) is 0 Å². The highest BCUT2D eigenvalue weighted by Gasteiger charge is 2.07. The van der Waals surface area contributed by atoms with Crippen molar-refractivity contribution in [2.45, 2.75) is 64.9 Å². The van der Waals surface area contributed by atoms with Crippen molar-refractivity contribution in [1.29, 1.82) is 0 Å². The number of unbranched alkanes of at least 4 members (excludes halogenated alkanes) is 3. The van der Waals surface area contributed by atoms with Gasteiger partial charge in [-0.15, -0.1) is 0 Å². The maximum atomic E-state index is 5.85. The fourth-order valence-electron chi connectivity index (χ4n) is 1.96. The van der Waals surface area contributed by atoms with Gasteiger partial charge in [0.1, 0.15) is 0 Å². The molecule has 0 aromatic heterocycles. The van der Waals surface area contributed by atoms with Gasteiger partial charge < -0.3 is 4.74 Å². The van der Waals surface area contributed by atoms with Crippen LogP contribution in [0.4, 0.5) is 0 Å². The molecule has 0 amide bonds. The van der Waals surface area contributed by atoms with Crippen molar-refractivity contribution < 1.29 is 4.74 Å². The van der Waals surface area contributed by atoms with Gasteiger partial charge in [-0.2, -0.15) is 0 Å². The lowest BCUT2D eigenvalue weighted by atomic mass is 10.1. The van der Waals surface area contributed by atoms with Crippen molar-refractivity contribution in [2.75, 3.05) is 6.61 Å². The average Bonchev–Trinajstić information content (AvgIpc) is 2.33. The first-order valence-electron chi connectivity index (χ1n) is 6.77. The number of allylic oxidation sites excluding steroid dienone is 2. The molecule has 1 nitrogen and oxygen atoms in total. The van der Waals surface area contributed by atoms with Crippen molar-refractivity contribution in [3.63, 3.8) is 0 Å². The van der Waals surface area contributed by atoms with Crippen molar-refractivity contribution in [3.05, 3.63) is 23.8 Å². The molecule has 1 unspecified atom stereocenters. The second-order valence-electron chi connectivity index (χ2n) is 4.75. The second kappa shape index (κ2) is 8.58. The van der Waals surface area contributed by atoms with Crippen LogP contribution in [0.25, 0.3) is 0 Å².